The topological polar surface area (TPSA) is 84.3 Å². The second kappa shape index (κ2) is 13.7. The van der Waals surface area contributed by atoms with Gasteiger partial charge in [0, 0.05) is 52.4 Å². The molecular weight excluding hydrogens is 659 g/mol. The van der Waals surface area contributed by atoms with E-state index < -0.39 is 16.7 Å². The number of amidine groups is 1. The van der Waals surface area contributed by atoms with Gasteiger partial charge in [-0.3, -0.25) is 19.7 Å². The third kappa shape index (κ3) is 7.27. The average molecular weight is 710 g/mol. The predicted octanol–water partition coefficient (Wildman–Crippen LogP) is 9.04. The van der Waals surface area contributed by atoms with Crippen LogP contribution in [0.2, 0.25) is 5.02 Å². The monoisotopic (exact) mass is 708 g/mol. The van der Waals surface area contributed by atoms with Crippen LogP contribution >= 0.6 is 23.2 Å². The van der Waals surface area contributed by atoms with Gasteiger partial charge in [0.15, 0.2) is 0 Å². The smallest absolute Gasteiger partial charge is 0.326 e. The lowest BCUT2D eigenvalue weighted by Crippen LogP contribution is -2.61. The van der Waals surface area contributed by atoms with Crippen LogP contribution in [0.4, 0.5) is 4.79 Å². The van der Waals surface area contributed by atoms with Crippen LogP contribution in [0.1, 0.15) is 98.4 Å². The molecule has 1 fully saturated rings. The van der Waals surface area contributed by atoms with E-state index in [1.54, 1.807) is 6.20 Å². The van der Waals surface area contributed by atoms with Crippen LogP contribution in [0.25, 0.3) is 0 Å². The quantitative estimate of drug-likeness (QED) is 0.280. The van der Waals surface area contributed by atoms with Crippen molar-refractivity contribution in [2.45, 2.75) is 104 Å². The lowest BCUT2D eigenvalue weighted by atomic mass is 9.66. The summed E-state index contributed by atoms with van der Waals surface area (Å²) in [4.78, 5) is 42.3. The van der Waals surface area contributed by atoms with Crippen molar-refractivity contribution in [3.8, 4) is 5.75 Å². The first-order valence-electron chi connectivity index (χ1n) is 17.2. The number of esters is 1. The molecule has 3 atom stereocenters. The fourth-order valence-electron chi connectivity index (χ4n) is 7.05. The normalized spacial score (nSPS) is 24.8. The lowest BCUT2D eigenvalue weighted by Gasteiger charge is -2.49. The Morgan fingerprint density at radius 3 is 2.22 bits per heavy atom. The van der Waals surface area contributed by atoms with Gasteiger partial charge in [0.05, 0.1) is 29.2 Å². The minimum absolute atomic E-state index is 0.0984. The molecule has 10 heteroatoms. The lowest BCUT2D eigenvalue weighted by molar-refractivity contribution is -0.161. The fraction of sp³-hybridized carbons (Fsp3) is 0.538. The number of urea groups is 1. The van der Waals surface area contributed by atoms with E-state index in [0.29, 0.717) is 66.2 Å². The first-order chi connectivity index (χ1) is 22.9. The highest BCUT2D eigenvalue weighted by Crippen LogP contribution is 2.54. The van der Waals surface area contributed by atoms with Gasteiger partial charge in [-0.25, -0.2) is 4.79 Å². The second-order valence-corrected chi connectivity index (χ2v) is 16.5. The maximum atomic E-state index is 15.2. The largest absolute Gasteiger partial charge is 0.493 e. The summed E-state index contributed by atoms with van der Waals surface area (Å²) in [6, 6.07) is 9.44. The molecule has 1 aromatic carbocycles. The van der Waals surface area contributed by atoms with E-state index in [-0.39, 0.29) is 29.3 Å². The summed E-state index contributed by atoms with van der Waals surface area (Å²) in [7, 11) is 0. The van der Waals surface area contributed by atoms with E-state index in [4.69, 9.17) is 42.7 Å². The zero-order valence-electron chi connectivity index (χ0n) is 30.3. The second-order valence-electron chi connectivity index (χ2n) is 15.6. The van der Waals surface area contributed by atoms with E-state index >= 15 is 4.79 Å². The number of aliphatic imine (C=N–C) groups is 1. The molecule has 0 N–H and O–H groups in total. The Morgan fingerprint density at radius 2 is 1.67 bits per heavy atom. The molecule has 49 heavy (non-hydrogen) atoms. The Kier molecular flexibility index (Phi) is 10.4. The van der Waals surface area contributed by atoms with Crippen LogP contribution in [0, 0.1) is 11.8 Å². The van der Waals surface area contributed by atoms with E-state index in [9.17, 15) is 4.79 Å². The molecule has 1 aromatic heterocycles. The number of nitrogens with zero attached hydrogens (tertiary/aromatic N) is 4. The van der Waals surface area contributed by atoms with E-state index in [2.05, 4.69) is 40.7 Å². The summed E-state index contributed by atoms with van der Waals surface area (Å²) in [5, 5.41) is 1.28. The third-order valence-electron chi connectivity index (χ3n) is 10.0. The molecule has 1 saturated heterocycles. The number of carbonyl (C=O) groups is 2. The molecule has 0 bridgehead atoms. The molecule has 0 saturated carbocycles. The molecule has 1 unspecified atom stereocenters. The number of amides is 2. The average Bonchev–Trinajstić information content (AvgIpc) is 3.28. The van der Waals surface area contributed by atoms with Crippen molar-refractivity contribution in [2.75, 3.05) is 19.7 Å². The Balaban J connectivity index is 1.66. The number of benzene rings is 1. The highest BCUT2D eigenvalue weighted by Gasteiger charge is 2.62. The molecular formula is C39H50Cl2N4O4. The zero-order chi connectivity index (χ0) is 35.9. The van der Waals surface area contributed by atoms with Crippen LogP contribution in [-0.4, -0.2) is 63.5 Å². The minimum Gasteiger partial charge on any atom is -0.493 e. The molecule has 2 aromatic rings. The van der Waals surface area contributed by atoms with Crippen molar-refractivity contribution in [1.29, 1.82) is 0 Å². The number of rotatable bonds is 6. The predicted molar refractivity (Wildman–Crippen MR) is 196 cm³/mol. The molecule has 8 nitrogen and oxygen atoms in total. The molecule has 2 aliphatic heterocycles. The van der Waals surface area contributed by atoms with Gasteiger partial charge in [-0.05, 0) is 84.6 Å². The van der Waals surface area contributed by atoms with Gasteiger partial charge in [0.1, 0.15) is 17.2 Å². The van der Waals surface area contributed by atoms with Crippen molar-refractivity contribution in [3.63, 3.8) is 0 Å². The summed E-state index contributed by atoms with van der Waals surface area (Å²) >= 11 is 12.8. The first-order valence-corrected chi connectivity index (χ1v) is 18.0. The third-order valence-corrected chi connectivity index (χ3v) is 10.6. The molecule has 1 aliphatic carbocycles. The maximum Gasteiger partial charge on any atom is 0.326 e. The molecule has 3 heterocycles. The van der Waals surface area contributed by atoms with Crippen LogP contribution in [0.3, 0.4) is 0 Å². The van der Waals surface area contributed by atoms with Crippen molar-refractivity contribution in [3.05, 3.63) is 81.6 Å². The van der Waals surface area contributed by atoms with Crippen LogP contribution in [0.5, 0.6) is 5.75 Å². The Bertz CT molecular complexity index is 1660. The number of aromatic nitrogens is 1. The van der Waals surface area contributed by atoms with Crippen molar-refractivity contribution < 1.29 is 19.1 Å². The zero-order valence-corrected chi connectivity index (χ0v) is 31.8. The fourth-order valence-corrected chi connectivity index (χ4v) is 7.34. The highest BCUT2D eigenvalue weighted by molar-refractivity contribution is 6.31. The number of allylic oxidation sites excluding steroid dienone is 3. The number of carbonyl (C=O) groups excluding carboxylic acids is 2. The Labute approximate surface area is 301 Å². The molecule has 0 radical (unpaired) electrons. The van der Waals surface area contributed by atoms with Crippen LogP contribution in [0.15, 0.2) is 64.8 Å². The number of piperidine rings is 1. The van der Waals surface area contributed by atoms with E-state index in [0.717, 1.165) is 11.3 Å². The number of hydrogen-bond acceptors (Lipinski definition) is 6. The van der Waals surface area contributed by atoms with Gasteiger partial charge >= 0.3 is 12.0 Å². The summed E-state index contributed by atoms with van der Waals surface area (Å²) in [6.07, 6.45) is 9.48. The summed E-state index contributed by atoms with van der Waals surface area (Å²) in [6.45, 7) is 19.3. The van der Waals surface area contributed by atoms with Gasteiger partial charge in [-0.1, -0.05) is 68.3 Å². The number of hydrogen-bond donors (Lipinski definition) is 0. The van der Waals surface area contributed by atoms with Crippen molar-refractivity contribution in [1.82, 2.24) is 14.8 Å². The number of likely N-dealkylation sites (tertiary alicyclic amines) is 1. The first kappa shape index (κ1) is 36.9. The molecule has 3 aliphatic rings. The van der Waals surface area contributed by atoms with Crippen molar-refractivity contribution >= 4 is 41.0 Å². The van der Waals surface area contributed by atoms with Gasteiger partial charge in [0.25, 0.3) is 0 Å². The number of pyridine rings is 1. The van der Waals surface area contributed by atoms with Crippen molar-refractivity contribution in [2.24, 2.45) is 16.8 Å². The molecule has 264 valence electrons. The van der Waals surface area contributed by atoms with Gasteiger partial charge < -0.3 is 14.4 Å². The molecule has 0 spiro atoms. The SMILES string of the molecule is CCOc1cc(C(C)(C)C)ncc1C1=N[C@@](C)(C2C=CC(Cl)=CC2)[C@@](C)(c2ccc(Cl)cc2)N1C(=O)N1CCC(C(=O)OC(C)(C)C)CC1. The Morgan fingerprint density at radius 1 is 1.02 bits per heavy atom. The van der Waals surface area contributed by atoms with Gasteiger partial charge in [-0.15, -0.1) is 0 Å². The van der Waals surface area contributed by atoms with E-state index in [1.165, 1.54) is 0 Å². The molecule has 2 amide bonds. The summed E-state index contributed by atoms with van der Waals surface area (Å²) < 4.78 is 12.0. The van der Waals surface area contributed by atoms with Gasteiger partial charge in [0.2, 0.25) is 0 Å². The minimum atomic E-state index is -0.981. The molecule has 5 rings (SSSR count). The number of halogens is 2. The maximum absolute atomic E-state index is 15.2. The summed E-state index contributed by atoms with van der Waals surface area (Å²) in [5.74, 6) is 0.519. The van der Waals surface area contributed by atoms with Crippen LogP contribution in [-0.2, 0) is 20.5 Å². The van der Waals surface area contributed by atoms with E-state index in [1.807, 2.05) is 80.0 Å². The summed E-state index contributed by atoms with van der Waals surface area (Å²) in [5.41, 5.74) is -0.218. The van der Waals surface area contributed by atoms with Gasteiger partial charge in [-0.2, -0.15) is 0 Å². The van der Waals surface area contributed by atoms with Crippen LogP contribution < -0.4 is 4.74 Å². The standard InChI is InChI=1S/C39H50Cl2N4O4/c1-10-48-31-23-32(36(2,3)4)42-24-30(31)33-43-38(8,26-11-15-28(40)16-12-26)39(9,27-13-17-29(41)18-14-27)45(33)35(47)44-21-19-25(20-22-44)34(46)49-37(5,6)7/h11,13-18,23-26H,10,12,19-22H2,1-9H3/t26?,38-,39+/m0/s1. The Hall–Kier alpha value is -3.36. The number of ether oxygens (including phenoxy) is 2. The highest BCUT2D eigenvalue weighted by atomic mass is 35.5.